The van der Waals surface area contributed by atoms with Crippen molar-refractivity contribution in [3.63, 3.8) is 0 Å². The second-order valence-corrected chi connectivity index (χ2v) is 8.65. The Kier molecular flexibility index (Phi) is 4.71. The molecular formula is C17H21N5O5S. The summed E-state index contributed by atoms with van der Waals surface area (Å²) in [7, 11) is -0.771. The molecule has 2 aliphatic rings. The monoisotopic (exact) mass is 407 g/mol. The van der Waals surface area contributed by atoms with Crippen molar-refractivity contribution >= 4 is 15.9 Å². The number of rotatable bonds is 5. The Labute approximate surface area is 162 Å². The lowest BCUT2D eigenvalue weighted by molar-refractivity contribution is 0.0609. The zero-order valence-electron chi connectivity index (χ0n) is 15.5. The molecule has 1 aromatic carbocycles. The van der Waals surface area contributed by atoms with Gasteiger partial charge in [0.2, 0.25) is 10.0 Å². The fraction of sp³-hybridized carbons (Fsp3) is 0.471. The Morgan fingerprint density at radius 3 is 2.39 bits per heavy atom. The van der Waals surface area contributed by atoms with Crippen LogP contribution < -0.4 is 9.47 Å². The summed E-state index contributed by atoms with van der Waals surface area (Å²) in [6.07, 6.45) is 2.79. The van der Waals surface area contributed by atoms with Crippen molar-refractivity contribution in [3.8, 4) is 11.5 Å². The number of carbonyl (C=O) groups excluding carboxylic acids is 1. The van der Waals surface area contributed by atoms with Crippen LogP contribution in [0.2, 0.25) is 0 Å². The topological polar surface area (TPSA) is 118 Å². The Hall–Kier alpha value is -2.66. The minimum atomic E-state index is -3.73. The summed E-state index contributed by atoms with van der Waals surface area (Å²) >= 11 is 0. The van der Waals surface area contributed by atoms with E-state index in [4.69, 9.17) is 9.47 Å². The third-order valence-corrected chi connectivity index (χ3v) is 7.27. The van der Waals surface area contributed by atoms with Gasteiger partial charge in [0.05, 0.1) is 25.3 Å². The molecule has 0 radical (unpaired) electrons. The van der Waals surface area contributed by atoms with Gasteiger partial charge in [-0.05, 0) is 25.0 Å². The third kappa shape index (κ3) is 3.00. The number of methoxy groups -OCH3 is 2. The number of H-pyrrole nitrogens is 1. The zero-order valence-corrected chi connectivity index (χ0v) is 16.3. The molecule has 1 amide bonds. The highest BCUT2D eigenvalue weighted by atomic mass is 32.2. The number of fused-ring (bicyclic) bond motifs is 2. The van der Waals surface area contributed by atoms with Gasteiger partial charge in [0.25, 0.3) is 5.91 Å². The third-order valence-electron chi connectivity index (χ3n) is 5.27. The molecule has 2 aromatic rings. The first-order chi connectivity index (χ1) is 13.5. The molecule has 0 spiro atoms. The van der Waals surface area contributed by atoms with E-state index in [1.54, 1.807) is 15.3 Å². The number of ether oxygens (including phenoxy) is 2. The number of nitrogens with zero attached hydrogens (tertiary/aromatic N) is 4. The van der Waals surface area contributed by atoms with Crippen molar-refractivity contribution < 1.29 is 22.7 Å². The first-order valence-corrected chi connectivity index (χ1v) is 10.3. The lowest BCUT2D eigenvalue weighted by Crippen LogP contribution is -2.57. The molecule has 2 aliphatic heterocycles. The van der Waals surface area contributed by atoms with Crippen LogP contribution in [0, 0.1) is 0 Å². The fourth-order valence-electron chi connectivity index (χ4n) is 3.99. The van der Waals surface area contributed by atoms with Gasteiger partial charge in [-0.25, -0.2) is 8.42 Å². The van der Waals surface area contributed by atoms with Crippen molar-refractivity contribution in [1.29, 1.82) is 0 Å². The number of nitrogens with one attached hydrogen (secondary N) is 1. The Bertz CT molecular complexity index is 964. The number of sulfonamides is 1. The molecular weight excluding hydrogens is 386 g/mol. The van der Waals surface area contributed by atoms with E-state index < -0.39 is 10.0 Å². The van der Waals surface area contributed by atoms with Crippen LogP contribution in [0.4, 0.5) is 0 Å². The molecule has 4 rings (SSSR count). The van der Waals surface area contributed by atoms with Crippen LogP contribution in [0.3, 0.4) is 0 Å². The van der Waals surface area contributed by atoms with Crippen LogP contribution >= 0.6 is 0 Å². The van der Waals surface area contributed by atoms with Gasteiger partial charge in [-0.15, -0.1) is 0 Å². The van der Waals surface area contributed by atoms with E-state index in [1.807, 2.05) is 0 Å². The van der Waals surface area contributed by atoms with Gasteiger partial charge in [-0.3, -0.25) is 4.79 Å². The number of carbonyl (C=O) groups is 1. The number of benzene rings is 1. The largest absolute Gasteiger partial charge is 0.493 e. The van der Waals surface area contributed by atoms with Crippen molar-refractivity contribution in [1.82, 2.24) is 24.6 Å². The highest BCUT2D eigenvalue weighted by Crippen LogP contribution is 2.38. The summed E-state index contributed by atoms with van der Waals surface area (Å²) < 4.78 is 38.6. The van der Waals surface area contributed by atoms with E-state index in [0.717, 1.165) is 0 Å². The SMILES string of the molecule is COc1ccc(S(=O)(=O)N2C3CCC2CN(C(=O)c2cn[nH]n2)C3)cc1OC. The number of piperazine rings is 1. The Balaban J connectivity index is 1.60. The van der Waals surface area contributed by atoms with Crippen LogP contribution in [0.1, 0.15) is 23.3 Å². The predicted molar refractivity (Wildman–Crippen MR) is 97.7 cm³/mol. The minimum absolute atomic E-state index is 0.151. The molecule has 11 heteroatoms. The number of hydrogen-bond donors (Lipinski definition) is 1. The van der Waals surface area contributed by atoms with E-state index >= 15 is 0 Å². The normalized spacial score (nSPS) is 22.3. The minimum Gasteiger partial charge on any atom is -0.493 e. The first kappa shape index (κ1) is 18.7. The van der Waals surface area contributed by atoms with Crippen molar-refractivity contribution in [2.24, 2.45) is 0 Å². The highest BCUT2D eigenvalue weighted by Gasteiger charge is 2.48. The van der Waals surface area contributed by atoms with Crippen LogP contribution in [-0.2, 0) is 10.0 Å². The van der Waals surface area contributed by atoms with Crippen molar-refractivity contribution in [2.45, 2.75) is 29.8 Å². The van der Waals surface area contributed by atoms with Gasteiger partial charge in [0.1, 0.15) is 0 Å². The number of aromatic nitrogens is 3. The molecule has 2 atom stereocenters. The summed E-state index contributed by atoms with van der Waals surface area (Å²) in [5.41, 5.74) is 0.232. The summed E-state index contributed by atoms with van der Waals surface area (Å²) in [6.45, 7) is 0.656. The number of aromatic amines is 1. The molecule has 1 N–H and O–H groups in total. The van der Waals surface area contributed by atoms with E-state index in [2.05, 4.69) is 15.4 Å². The molecule has 10 nitrogen and oxygen atoms in total. The Morgan fingerprint density at radius 1 is 1.14 bits per heavy atom. The molecule has 2 bridgehead atoms. The molecule has 2 fully saturated rings. The van der Waals surface area contributed by atoms with Gasteiger partial charge >= 0.3 is 0 Å². The molecule has 2 saturated heterocycles. The summed E-state index contributed by atoms with van der Waals surface area (Å²) in [5, 5.41) is 9.92. The van der Waals surface area contributed by atoms with Crippen LogP contribution in [-0.4, -0.2) is 78.3 Å². The molecule has 3 heterocycles. The number of amides is 1. The van der Waals surface area contributed by atoms with Crippen LogP contribution in [0.5, 0.6) is 11.5 Å². The lowest BCUT2D eigenvalue weighted by atomic mass is 10.2. The van der Waals surface area contributed by atoms with Crippen molar-refractivity contribution in [3.05, 3.63) is 30.1 Å². The number of likely N-dealkylation sites (tertiary alicyclic amines) is 1. The molecule has 2 unspecified atom stereocenters. The quantitative estimate of drug-likeness (QED) is 0.767. The van der Waals surface area contributed by atoms with E-state index in [0.29, 0.717) is 37.4 Å². The van der Waals surface area contributed by atoms with Crippen LogP contribution in [0.15, 0.2) is 29.3 Å². The first-order valence-electron chi connectivity index (χ1n) is 8.86. The molecule has 150 valence electrons. The fourth-order valence-corrected chi connectivity index (χ4v) is 5.86. The summed E-state index contributed by atoms with van der Waals surface area (Å²) in [6, 6.07) is 4.03. The van der Waals surface area contributed by atoms with Gasteiger partial charge < -0.3 is 14.4 Å². The summed E-state index contributed by atoms with van der Waals surface area (Å²) in [4.78, 5) is 14.4. The maximum atomic E-state index is 13.3. The molecule has 28 heavy (non-hydrogen) atoms. The highest BCUT2D eigenvalue weighted by molar-refractivity contribution is 7.89. The van der Waals surface area contributed by atoms with Crippen molar-refractivity contribution in [2.75, 3.05) is 27.3 Å². The average Bonchev–Trinajstić information content (AvgIpc) is 3.33. The lowest BCUT2D eigenvalue weighted by Gasteiger charge is -2.39. The predicted octanol–water partition coefficient (Wildman–Crippen LogP) is 0.500. The van der Waals surface area contributed by atoms with Gasteiger partial charge in [-0.1, -0.05) is 0 Å². The zero-order chi connectivity index (χ0) is 19.9. The second kappa shape index (κ2) is 7.06. The van der Waals surface area contributed by atoms with E-state index in [9.17, 15) is 13.2 Å². The molecule has 1 aromatic heterocycles. The second-order valence-electron chi connectivity index (χ2n) is 6.80. The summed E-state index contributed by atoms with van der Waals surface area (Å²) in [5.74, 6) is 0.581. The smallest absolute Gasteiger partial charge is 0.276 e. The number of hydrogen-bond acceptors (Lipinski definition) is 7. The Morgan fingerprint density at radius 2 is 1.82 bits per heavy atom. The van der Waals surface area contributed by atoms with E-state index in [-0.39, 0.29) is 28.6 Å². The van der Waals surface area contributed by atoms with Gasteiger partial charge in [0.15, 0.2) is 17.2 Å². The molecule has 0 aliphatic carbocycles. The maximum Gasteiger partial charge on any atom is 0.276 e. The van der Waals surface area contributed by atoms with Gasteiger partial charge in [-0.2, -0.15) is 19.7 Å². The van der Waals surface area contributed by atoms with E-state index in [1.165, 1.54) is 32.5 Å². The standard InChI is InChI=1S/C17H21N5O5S/c1-26-15-6-5-13(7-16(15)27-2)28(24,25)22-11-3-4-12(22)10-21(9-11)17(23)14-8-18-20-19-14/h5-8,11-12H,3-4,9-10H2,1-2H3,(H,18,19,20). The van der Waals surface area contributed by atoms with Gasteiger partial charge in [0, 0.05) is 31.2 Å². The average molecular weight is 407 g/mol. The maximum absolute atomic E-state index is 13.3. The molecule has 0 saturated carbocycles. The van der Waals surface area contributed by atoms with Crippen LogP contribution in [0.25, 0.3) is 0 Å².